The smallest absolute Gasteiger partial charge is 0.00187 e. The van der Waals surface area contributed by atoms with Gasteiger partial charge in [0.2, 0.25) is 0 Å². The van der Waals surface area contributed by atoms with E-state index < -0.39 is 0 Å². The van der Waals surface area contributed by atoms with Crippen LogP contribution in [0.5, 0.6) is 0 Å². The van der Waals surface area contributed by atoms with Gasteiger partial charge in [-0.1, -0.05) is 73.1 Å². The predicted octanol–water partition coefficient (Wildman–Crippen LogP) is 5.89. The minimum absolute atomic E-state index is 1.25. The molecule has 0 aliphatic rings. The van der Waals surface area contributed by atoms with Crippen LogP contribution in [0, 0.1) is 0 Å². The highest BCUT2D eigenvalue weighted by atomic mass is 15.1. The lowest BCUT2D eigenvalue weighted by atomic mass is 10.2. The Kier molecular flexibility index (Phi) is 21.7. The van der Waals surface area contributed by atoms with Crippen LogP contribution in [0.25, 0.3) is 0 Å². The van der Waals surface area contributed by atoms with E-state index in [0.717, 1.165) is 0 Å². The fraction of sp³-hybridized carbons (Fsp3) is 1.00. The van der Waals surface area contributed by atoms with E-state index in [9.17, 15) is 0 Å². The predicted molar refractivity (Wildman–Crippen MR) is 86.4 cm³/mol. The lowest BCUT2D eigenvalue weighted by molar-refractivity contribution is 0.258. The Bertz CT molecular complexity index is 113. The van der Waals surface area contributed by atoms with Crippen LogP contribution in [0.3, 0.4) is 0 Å². The zero-order valence-electron chi connectivity index (χ0n) is 13.9. The molecule has 0 saturated carbocycles. The molecule has 0 spiro atoms. The third kappa shape index (κ3) is 18.3. The second kappa shape index (κ2) is 19.3. The highest BCUT2D eigenvalue weighted by molar-refractivity contribution is 4.58. The van der Waals surface area contributed by atoms with E-state index in [1.54, 1.807) is 0 Å². The molecule has 0 fully saturated rings. The van der Waals surface area contributed by atoms with Crippen LogP contribution in [-0.4, -0.2) is 24.5 Å². The summed E-state index contributed by atoms with van der Waals surface area (Å²) in [5, 5.41) is 0. The topological polar surface area (TPSA) is 3.24 Å². The van der Waals surface area contributed by atoms with E-state index >= 15 is 0 Å². The molecule has 18 heavy (non-hydrogen) atoms. The van der Waals surface area contributed by atoms with Crippen LogP contribution in [0.15, 0.2) is 0 Å². The first-order valence-electron chi connectivity index (χ1n) is 8.48. The van der Waals surface area contributed by atoms with Crippen LogP contribution < -0.4 is 0 Å². The zero-order chi connectivity index (χ0) is 14.1. The van der Waals surface area contributed by atoms with Crippen molar-refractivity contribution in [3.63, 3.8) is 0 Å². The maximum atomic E-state index is 2.68. The molecule has 0 aromatic heterocycles. The molecule has 0 aromatic carbocycles. The van der Waals surface area contributed by atoms with Gasteiger partial charge < -0.3 is 4.90 Å². The van der Waals surface area contributed by atoms with Gasteiger partial charge >= 0.3 is 0 Å². The molecule has 0 aliphatic heterocycles. The SMILES string of the molecule is CCC.CCCCCN(CCCC)CCCCC. The molecule has 1 nitrogen and oxygen atoms in total. The number of unbranched alkanes of at least 4 members (excludes halogenated alkanes) is 5. The maximum Gasteiger partial charge on any atom is -0.00187 e. The van der Waals surface area contributed by atoms with Gasteiger partial charge in [0.25, 0.3) is 0 Å². The fourth-order valence-corrected chi connectivity index (χ4v) is 1.89. The third-order valence-electron chi connectivity index (χ3n) is 2.98. The summed E-state index contributed by atoms with van der Waals surface area (Å²) in [5.41, 5.74) is 0. The molecule has 0 bridgehead atoms. The summed E-state index contributed by atoms with van der Waals surface area (Å²) in [5.74, 6) is 0. The summed E-state index contributed by atoms with van der Waals surface area (Å²) in [6.07, 6.45) is 12.2. The maximum absolute atomic E-state index is 2.68. The first-order valence-corrected chi connectivity index (χ1v) is 8.48. The molecule has 0 aliphatic carbocycles. The van der Waals surface area contributed by atoms with E-state index in [2.05, 4.69) is 39.5 Å². The lowest BCUT2D eigenvalue weighted by Crippen LogP contribution is -2.27. The Hall–Kier alpha value is -0.0400. The molecule has 0 atom stereocenters. The average Bonchev–Trinajstić information content (AvgIpc) is 2.36. The molecule has 0 saturated heterocycles. The molecule has 0 rings (SSSR count). The lowest BCUT2D eigenvalue weighted by Gasteiger charge is -2.21. The third-order valence-corrected chi connectivity index (χ3v) is 2.98. The van der Waals surface area contributed by atoms with Crippen molar-refractivity contribution >= 4 is 0 Å². The van der Waals surface area contributed by atoms with Crippen molar-refractivity contribution in [3.05, 3.63) is 0 Å². The van der Waals surface area contributed by atoms with E-state index in [1.165, 1.54) is 77.4 Å². The van der Waals surface area contributed by atoms with Crippen molar-refractivity contribution in [2.24, 2.45) is 0 Å². The molecule has 0 radical (unpaired) electrons. The number of hydrogen-bond donors (Lipinski definition) is 0. The Balaban J connectivity index is 0. The summed E-state index contributed by atoms with van der Waals surface area (Å²) >= 11 is 0. The monoisotopic (exact) mass is 257 g/mol. The minimum atomic E-state index is 1.25. The molecule has 0 N–H and O–H groups in total. The van der Waals surface area contributed by atoms with Gasteiger partial charge in [-0.2, -0.15) is 0 Å². The summed E-state index contributed by atoms with van der Waals surface area (Å²) in [6.45, 7) is 15.1. The van der Waals surface area contributed by atoms with Crippen molar-refractivity contribution in [3.8, 4) is 0 Å². The average molecular weight is 258 g/mol. The standard InChI is InChI=1S/C14H31N.C3H8/c1-4-7-10-13-15(12-9-6-3)14-11-8-5-2;1-3-2/h4-14H2,1-3H3;3H2,1-2H3. The molecule has 112 valence electrons. The van der Waals surface area contributed by atoms with Gasteiger partial charge in [0.1, 0.15) is 0 Å². The highest BCUT2D eigenvalue weighted by Crippen LogP contribution is 2.04. The van der Waals surface area contributed by atoms with Crippen molar-refractivity contribution in [2.75, 3.05) is 19.6 Å². The van der Waals surface area contributed by atoms with E-state index in [-0.39, 0.29) is 0 Å². The second-order valence-corrected chi connectivity index (χ2v) is 5.32. The zero-order valence-corrected chi connectivity index (χ0v) is 13.9. The molecule has 0 amide bonds. The first kappa shape index (κ1) is 20.3. The Morgan fingerprint density at radius 2 is 0.833 bits per heavy atom. The minimum Gasteiger partial charge on any atom is -0.303 e. The summed E-state index contributed by atoms with van der Waals surface area (Å²) in [7, 11) is 0. The van der Waals surface area contributed by atoms with Gasteiger partial charge in [0, 0.05) is 0 Å². The number of rotatable bonds is 11. The molecular formula is C17H39N. The van der Waals surface area contributed by atoms with Crippen LogP contribution in [0.2, 0.25) is 0 Å². The normalized spacial score (nSPS) is 10.3. The van der Waals surface area contributed by atoms with E-state index in [4.69, 9.17) is 0 Å². The van der Waals surface area contributed by atoms with Gasteiger partial charge in [-0.25, -0.2) is 0 Å². The van der Waals surface area contributed by atoms with E-state index in [0.29, 0.717) is 0 Å². The highest BCUT2D eigenvalue weighted by Gasteiger charge is 2.02. The van der Waals surface area contributed by atoms with Gasteiger partial charge in [0.15, 0.2) is 0 Å². The summed E-state index contributed by atoms with van der Waals surface area (Å²) in [6, 6.07) is 0. The van der Waals surface area contributed by atoms with Crippen LogP contribution >= 0.6 is 0 Å². The van der Waals surface area contributed by atoms with Gasteiger partial charge in [0.05, 0.1) is 0 Å². The summed E-state index contributed by atoms with van der Waals surface area (Å²) < 4.78 is 0. The molecule has 0 unspecified atom stereocenters. The Morgan fingerprint density at radius 3 is 1.17 bits per heavy atom. The number of hydrogen-bond acceptors (Lipinski definition) is 1. The molecule has 0 aromatic rings. The van der Waals surface area contributed by atoms with E-state index in [1.807, 2.05) is 0 Å². The quantitative estimate of drug-likeness (QED) is 0.417. The van der Waals surface area contributed by atoms with Gasteiger partial charge in [-0.05, 0) is 38.9 Å². The molecule has 1 heteroatoms. The van der Waals surface area contributed by atoms with Crippen molar-refractivity contribution in [1.29, 1.82) is 0 Å². The van der Waals surface area contributed by atoms with Crippen molar-refractivity contribution < 1.29 is 0 Å². The number of nitrogens with zero attached hydrogens (tertiary/aromatic N) is 1. The fourth-order valence-electron chi connectivity index (χ4n) is 1.89. The van der Waals surface area contributed by atoms with Crippen molar-refractivity contribution in [1.82, 2.24) is 4.90 Å². The molecular weight excluding hydrogens is 218 g/mol. The Morgan fingerprint density at radius 1 is 0.500 bits per heavy atom. The van der Waals surface area contributed by atoms with Gasteiger partial charge in [-0.15, -0.1) is 0 Å². The van der Waals surface area contributed by atoms with Crippen molar-refractivity contribution in [2.45, 2.75) is 92.4 Å². The largest absolute Gasteiger partial charge is 0.303 e. The van der Waals surface area contributed by atoms with Crippen LogP contribution in [0.1, 0.15) is 92.4 Å². The molecule has 0 heterocycles. The van der Waals surface area contributed by atoms with Gasteiger partial charge in [-0.3, -0.25) is 0 Å². The summed E-state index contributed by atoms with van der Waals surface area (Å²) in [4.78, 5) is 2.68. The second-order valence-electron chi connectivity index (χ2n) is 5.32. The Labute approximate surface area is 117 Å². The first-order chi connectivity index (χ1) is 8.76. The van der Waals surface area contributed by atoms with Crippen LogP contribution in [0.4, 0.5) is 0 Å². The van der Waals surface area contributed by atoms with Crippen LogP contribution in [-0.2, 0) is 0 Å².